The smallest absolute Gasteiger partial charge is 0.408 e. The molecule has 0 aliphatic carbocycles. The molecule has 1 heterocycles. The molecule has 138 valence electrons. The molecule has 0 radical (unpaired) electrons. The minimum absolute atomic E-state index is 0.286. The molecule has 0 unspecified atom stereocenters. The number of nitrogens with zero attached hydrogens (tertiary/aromatic N) is 1. The van der Waals surface area contributed by atoms with Crippen LogP contribution >= 0.6 is 0 Å². The first kappa shape index (κ1) is 19.8. The first-order valence-corrected chi connectivity index (χ1v) is 12.2. The van der Waals surface area contributed by atoms with E-state index in [1.54, 1.807) is 0 Å². The summed E-state index contributed by atoms with van der Waals surface area (Å²) in [5, 5.41) is 2.69. The largest absolute Gasteiger partial charge is 0.444 e. The van der Waals surface area contributed by atoms with Gasteiger partial charge in [0.15, 0.2) is 0 Å². The molecule has 0 aliphatic heterocycles. The van der Waals surface area contributed by atoms with Crippen molar-refractivity contribution in [2.45, 2.75) is 52.6 Å². The molecule has 1 amide bonds. The number of carbonyl (C=O) groups excluding carboxylic acids is 1. The number of carbonyl (C=O) groups is 1. The van der Waals surface area contributed by atoms with E-state index in [0.29, 0.717) is 5.82 Å². The number of aromatic nitrogens is 2. The van der Waals surface area contributed by atoms with Crippen LogP contribution in [0, 0.1) is 11.5 Å². The number of imidazole rings is 1. The highest BCUT2D eigenvalue weighted by molar-refractivity contribution is 6.83. The quantitative estimate of drug-likeness (QED) is 0.625. The van der Waals surface area contributed by atoms with Crippen LogP contribution in [0.3, 0.4) is 0 Å². The molecular weight excluding hydrogens is 342 g/mol. The van der Waals surface area contributed by atoms with Gasteiger partial charge in [0.1, 0.15) is 19.5 Å². The third kappa shape index (κ3) is 6.77. The minimum Gasteiger partial charge on any atom is -0.444 e. The molecule has 0 spiro atoms. The van der Waals surface area contributed by atoms with E-state index >= 15 is 0 Å². The Hall–Kier alpha value is -2.52. The van der Waals surface area contributed by atoms with E-state index in [9.17, 15) is 4.79 Å². The standard InChI is InChI=1S/C20H27N3O2Si/c1-20(2,3)25-19(24)22-14-18-21-13-17(23-18)16-9-7-15(8-10-16)11-12-26(4,5)6/h7-10,13H,14H2,1-6H3,(H,21,23)(H,22,24). The molecule has 0 saturated carbocycles. The third-order valence-corrected chi connectivity index (χ3v) is 4.07. The van der Waals surface area contributed by atoms with Gasteiger partial charge in [-0.05, 0) is 32.9 Å². The Bertz CT molecular complexity index is 816. The van der Waals surface area contributed by atoms with E-state index in [0.717, 1.165) is 16.8 Å². The van der Waals surface area contributed by atoms with Crippen molar-refractivity contribution >= 4 is 14.2 Å². The highest BCUT2D eigenvalue weighted by Crippen LogP contribution is 2.17. The van der Waals surface area contributed by atoms with Gasteiger partial charge in [-0.2, -0.15) is 0 Å². The topological polar surface area (TPSA) is 67.0 Å². The minimum atomic E-state index is -1.37. The third-order valence-electron chi connectivity index (χ3n) is 3.19. The summed E-state index contributed by atoms with van der Waals surface area (Å²) in [4.78, 5) is 19.3. The van der Waals surface area contributed by atoms with Gasteiger partial charge >= 0.3 is 6.09 Å². The second-order valence-electron chi connectivity index (χ2n) is 8.17. The maximum atomic E-state index is 11.7. The number of H-pyrrole nitrogens is 1. The maximum Gasteiger partial charge on any atom is 0.408 e. The Balaban J connectivity index is 1.99. The van der Waals surface area contributed by atoms with E-state index in [1.165, 1.54) is 0 Å². The van der Waals surface area contributed by atoms with Crippen molar-refractivity contribution in [2.75, 3.05) is 0 Å². The van der Waals surface area contributed by atoms with Crippen molar-refractivity contribution in [2.24, 2.45) is 0 Å². The average Bonchev–Trinajstić information content (AvgIpc) is 2.98. The molecule has 0 bridgehead atoms. The summed E-state index contributed by atoms with van der Waals surface area (Å²) >= 11 is 0. The van der Waals surface area contributed by atoms with E-state index < -0.39 is 19.8 Å². The van der Waals surface area contributed by atoms with Crippen molar-refractivity contribution in [1.82, 2.24) is 15.3 Å². The van der Waals surface area contributed by atoms with E-state index in [-0.39, 0.29) is 6.54 Å². The second-order valence-corrected chi connectivity index (χ2v) is 12.9. The van der Waals surface area contributed by atoms with Crippen LogP contribution < -0.4 is 5.32 Å². The number of aromatic amines is 1. The van der Waals surface area contributed by atoms with Gasteiger partial charge < -0.3 is 15.0 Å². The number of hydrogen-bond donors (Lipinski definition) is 2. The molecule has 0 atom stereocenters. The molecule has 1 aromatic carbocycles. The molecule has 2 rings (SSSR count). The summed E-state index contributed by atoms with van der Waals surface area (Å²) in [5.41, 5.74) is 5.69. The Kier molecular flexibility index (Phi) is 5.93. The lowest BCUT2D eigenvalue weighted by Gasteiger charge is -2.19. The SMILES string of the molecule is CC(C)(C)OC(=O)NCc1nc(-c2ccc(C#C[Si](C)(C)C)cc2)c[nH]1. The van der Waals surface area contributed by atoms with Crippen LogP contribution in [0.4, 0.5) is 4.79 Å². The van der Waals surface area contributed by atoms with Gasteiger partial charge in [0, 0.05) is 17.3 Å². The average molecular weight is 370 g/mol. The monoisotopic (exact) mass is 369 g/mol. The number of benzene rings is 1. The van der Waals surface area contributed by atoms with E-state index in [4.69, 9.17) is 4.74 Å². The van der Waals surface area contributed by atoms with Gasteiger partial charge in [-0.1, -0.05) is 37.7 Å². The Morgan fingerprint density at radius 2 is 1.88 bits per heavy atom. The number of ether oxygens (including phenoxy) is 1. The normalized spacial score (nSPS) is 11.5. The van der Waals surface area contributed by atoms with Crippen LogP contribution in [-0.2, 0) is 11.3 Å². The van der Waals surface area contributed by atoms with Crippen molar-refractivity contribution in [1.29, 1.82) is 0 Å². The predicted octanol–water partition coefficient (Wildman–Crippen LogP) is 4.33. The maximum absolute atomic E-state index is 11.7. The fraction of sp³-hybridized carbons (Fsp3) is 0.400. The summed E-state index contributed by atoms with van der Waals surface area (Å²) in [7, 11) is -1.37. The zero-order chi connectivity index (χ0) is 19.4. The first-order valence-electron chi connectivity index (χ1n) is 8.67. The Morgan fingerprint density at radius 3 is 2.46 bits per heavy atom. The van der Waals surface area contributed by atoms with Crippen LogP contribution in [-0.4, -0.2) is 29.7 Å². The summed E-state index contributed by atoms with van der Waals surface area (Å²) in [6.45, 7) is 12.5. The lowest BCUT2D eigenvalue weighted by molar-refractivity contribution is 0.0522. The van der Waals surface area contributed by atoms with Crippen molar-refractivity contribution in [3.05, 3.63) is 41.9 Å². The molecule has 2 N–H and O–H groups in total. The van der Waals surface area contributed by atoms with Gasteiger partial charge in [0.2, 0.25) is 0 Å². The highest BCUT2D eigenvalue weighted by Gasteiger charge is 2.16. The van der Waals surface area contributed by atoms with Gasteiger partial charge in [0.05, 0.1) is 12.2 Å². The molecule has 26 heavy (non-hydrogen) atoms. The molecule has 1 aromatic heterocycles. The number of alkyl carbamates (subject to hydrolysis) is 1. The van der Waals surface area contributed by atoms with Crippen molar-refractivity contribution in [3.63, 3.8) is 0 Å². The Morgan fingerprint density at radius 1 is 1.23 bits per heavy atom. The zero-order valence-electron chi connectivity index (χ0n) is 16.4. The van der Waals surface area contributed by atoms with Gasteiger partial charge in [-0.25, -0.2) is 9.78 Å². The molecule has 6 heteroatoms. The van der Waals surface area contributed by atoms with Crippen LogP contribution in [0.25, 0.3) is 11.3 Å². The molecular formula is C20H27N3O2Si. The zero-order valence-corrected chi connectivity index (χ0v) is 17.4. The predicted molar refractivity (Wildman–Crippen MR) is 107 cm³/mol. The summed E-state index contributed by atoms with van der Waals surface area (Å²) < 4.78 is 5.21. The fourth-order valence-corrected chi connectivity index (χ4v) is 2.57. The van der Waals surface area contributed by atoms with Crippen molar-refractivity contribution < 1.29 is 9.53 Å². The number of rotatable bonds is 3. The second kappa shape index (κ2) is 7.79. The lowest BCUT2D eigenvalue weighted by Crippen LogP contribution is -2.32. The van der Waals surface area contributed by atoms with Crippen LogP contribution in [0.1, 0.15) is 32.2 Å². The number of nitrogens with one attached hydrogen (secondary N) is 2. The summed E-state index contributed by atoms with van der Waals surface area (Å²) in [6.07, 6.45) is 1.37. The first-order chi connectivity index (χ1) is 12.0. The molecule has 0 saturated heterocycles. The molecule has 5 nitrogen and oxygen atoms in total. The molecule has 2 aromatic rings. The van der Waals surface area contributed by atoms with Gasteiger partial charge in [-0.15, -0.1) is 5.54 Å². The van der Waals surface area contributed by atoms with Crippen LogP contribution in [0.2, 0.25) is 19.6 Å². The summed E-state index contributed by atoms with van der Waals surface area (Å²) in [6, 6.07) is 8.04. The lowest BCUT2D eigenvalue weighted by atomic mass is 10.1. The summed E-state index contributed by atoms with van der Waals surface area (Å²) in [5.74, 6) is 3.92. The van der Waals surface area contributed by atoms with Crippen molar-refractivity contribution in [3.8, 4) is 22.7 Å². The van der Waals surface area contributed by atoms with Gasteiger partial charge in [0.25, 0.3) is 0 Å². The fourth-order valence-electron chi connectivity index (χ4n) is 2.05. The Labute approximate surface area is 156 Å². The van der Waals surface area contributed by atoms with Gasteiger partial charge in [-0.3, -0.25) is 0 Å². The van der Waals surface area contributed by atoms with E-state index in [1.807, 2.05) is 51.2 Å². The number of hydrogen-bond acceptors (Lipinski definition) is 3. The molecule has 0 aliphatic rings. The van der Waals surface area contributed by atoms with E-state index in [2.05, 4.69) is 46.4 Å². The van der Waals surface area contributed by atoms with Crippen LogP contribution in [0.5, 0.6) is 0 Å². The number of amides is 1. The molecule has 0 fully saturated rings. The highest BCUT2D eigenvalue weighted by atomic mass is 28.3. The van der Waals surface area contributed by atoms with Crippen LogP contribution in [0.15, 0.2) is 30.5 Å².